The van der Waals surface area contributed by atoms with Gasteiger partial charge in [-0.05, 0) is 61.0 Å². The third kappa shape index (κ3) is 3.95. The molecule has 3 heterocycles. The van der Waals surface area contributed by atoms with Crippen LogP contribution in [0, 0.1) is 0 Å². The lowest BCUT2D eigenvalue weighted by Crippen LogP contribution is -2.05. The molecule has 8 nitrogen and oxygen atoms in total. The summed E-state index contributed by atoms with van der Waals surface area (Å²) in [4.78, 5) is 16.8. The Balaban J connectivity index is 1.40. The van der Waals surface area contributed by atoms with E-state index >= 15 is 0 Å². The molecule has 9 heteroatoms. The van der Waals surface area contributed by atoms with Gasteiger partial charge < -0.3 is 10.6 Å². The van der Waals surface area contributed by atoms with Crippen LogP contribution in [0.3, 0.4) is 0 Å². The number of rotatable bonds is 6. The van der Waals surface area contributed by atoms with Gasteiger partial charge in [0, 0.05) is 41.4 Å². The molecular formula is C20H19N7OS. The molecule has 146 valence electrons. The first-order valence-corrected chi connectivity index (χ1v) is 10.2. The number of fused-ring (bicyclic) bond motifs is 1. The summed E-state index contributed by atoms with van der Waals surface area (Å²) < 4.78 is 1.80. The van der Waals surface area contributed by atoms with E-state index in [9.17, 15) is 4.79 Å². The fourth-order valence-electron chi connectivity index (χ4n) is 3.09. The molecule has 1 aromatic carbocycles. The van der Waals surface area contributed by atoms with Gasteiger partial charge in [-0.25, -0.2) is 9.50 Å². The van der Waals surface area contributed by atoms with Crippen molar-refractivity contribution in [2.75, 3.05) is 10.6 Å². The fraction of sp³-hybridized carbons (Fsp3) is 0.200. The molecule has 0 spiro atoms. The highest BCUT2D eigenvalue weighted by molar-refractivity contribution is 7.99. The first-order valence-electron chi connectivity index (χ1n) is 9.37. The zero-order valence-electron chi connectivity index (χ0n) is 15.7. The van der Waals surface area contributed by atoms with E-state index in [0.29, 0.717) is 16.9 Å². The average molecular weight is 405 g/mol. The first kappa shape index (κ1) is 17.7. The zero-order valence-corrected chi connectivity index (χ0v) is 16.5. The second-order valence-electron chi connectivity index (χ2n) is 7.00. The second-order valence-corrected chi connectivity index (χ2v) is 8.04. The van der Waals surface area contributed by atoms with Crippen LogP contribution in [-0.4, -0.2) is 30.7 Å². The molecular weight excluding hydrogens is 386 g/mol. The van der Waals surface area contributed by atoms with E-state index in [0.717, 1.165) is 21.9 Å². The quantitative estimate of drug-likeness (QED) is 0.445. The molecule has 1 aliphatic rings. The smallest absolute Gasteiger partial charge is 0.221 e. The van der Waals surface area contributed by atoms with Crippen LogP contribution in [0.15, 0.2) is 58.7 Å². The molecule has 0 atom stereocenters. The van der Waals surface area contributed by atoms with Crippen molar-refractivity contribution in [1.82, 2.24) is 24.8 Å². The summed E-state index contributed by atoms with van der Waals surface area (Å²) in [7, 11) is 0. The van der Waals surface area contributed by atoms with Gasteiger partial charge in [0.25, 0.3) is 0 Å². The van der Waals surface area contributed by atoms with Crippen LogP contribution in [0.1, 0.15) is 31.4 Å². The number of nitrogens with zero attached hydrogens (tertiary/aromatic N) is 4. The van der Waals surface area contributed by atoms with Crippen molar-refractivity contribution in [3.05, 3.63) is 54.4 Å². The summed E-state index contributed by atoms with van der Waals surface area (Å²) in [5, 5.41) is 18.7. The van der Waals surface area contributed by atoms with Gasteiger partial charge in [0.15, 0.2) is 11.6 Å². The summed E-state index contributed by atoms with van der Waals surface area (Å²) in [5.74, 6) is 1.98. The molecule has 3 aromatic heterocycles. The molecule has 4 aromatic rings. The number of H-pyrrole nitrogens is 1. The minimum Gasteiger partial charge on any atom is -0.326 e. The number of anilines is 3. The molecule has 0 unspecified atom stereocenters. The summed E-state index contributed by atoms with van der Waals surface area (Å²) in [5.41, 5.74) is 2.81. The van der Waals surface area contributed by atoms with E-state index in [1.165, 1.54) is 37.2 Å². The van der Waals surface area contributed by atoms with Gasteiger partial charge in [-0.1, -0.05) is 0 Å². The van der Waals surface area contributed by atoms with Gasteiger partial charge in [0.05, 0.1) is 0 Å². The van der Waals surface area contributed by atoms with Crippen LogP contribution in [0.2, 0.25) is 0 Å². The van der Waals surface area contributed by atoms with Crippen molar-refractivity contribution in [3.8, 4) is 0 Å². The molecule has 1 fully saturated rings. The van der Waals surface area contributed by atoms with Crippen LogP contribution in [0.5, 0.6) is 0 Å². The van der Waals surface area contributed by atoms with E-state index in [2.05, 4.69) is 25.9 Å². The fourth-order valence-corrected chi connectivity index (χ4v) is 3.84. The predicted molar refractivity (Wildman–Crippen MR) is 112 cm³/mol. The minimum absolute atomic E-state index is 0.0919. The standard InChI is InChI=1S/C20H19N7OS/c1-12(28)21-14-6-8-15(9-7-14)29-20-23-19(17-3-2-10-27(17)26-20)22-18-11-16(24-25-18)13-4-5-13/h2-3,6-11,13H,4-5H2,1H3,(H,21,28)(H2,22,23,24,25,26). The highest BCUT2D eigenvalue weighted by Crippen LogP contribution is 2.39. The second kappa shape index (κ2) is 7.25. The molecule has 29 heavy (non-hydrogen) atoms. The Labute approximate surface area is 171 Å². The van der Waals surface area contributed by atoms with Gasteiger partial charge in [-0.2, -0.15) is 5.10 Å². The van der Waals surface area contributed by atoms with E-state index in [1.54, 1.807) is 4.52 Å². The molecule has 0 radical (unpaired) electrons. The molecule has 3 N–H and O–H groups in total. The van der Waals surface area contributed by atoms with E-state index in [-0.39, 0.29) is 5.91 Å². The van der Waals surface area contributed by atoms with Crippen LogP contribution in [-0.2, 0) is 4.79 Å². The van der Waals surface area contributed by atoms with Crippen molar-refractivity contribution < 1.29 is 4.79 Å². The van der Waals surface area contributed by atoms with Crippen LogP contribution >= 0.6 is 11.8 Å². The molecule has 0 saturated heterocycles. The highest BCUT2D eigenvalue weighted by atomic mass is 32.2. The lowest BCUT2D eigenvalue weighted by Gasteiger charge is -2.08. The molecule has 1 saturated carbocycles. The van der Waals surface area contributed by atoms with E-state index < -0.39 is 0 Å². The molecule has 1 amide bonds. The molecule has 5 rings (SSSR count). The number of aromatic amines is 1. The Morgan fingerprint density at radius 2 is 2.07 bits per heavy atom. The van der Waals surface area contributed by atoms with Crippen molar-refractivity contribution in [2.24, 2.45) is 0 Å². The Morgan fingerprint density at radius 1 is 1.24 bits per heavy atom. The highest BCUT2D eigenvalue weighted by Gasteiger charge is 2.25. The Hall–Kier alpha value is -3.33. The van der Waals surface area contributed by atoms with E-state index in [4.69, 9.17) is 4.98 Å². The molecule has 0 bridgehead atoms. The monoisotopic (exact) mass is 405 g/mol. The largest absolute Gasteiger partial charge is 0.326 e. The summed E-state index contributed by atoms with van der Waals surface area (Å²) in [6, 6.07) is 13.5. The van der Waals surface area contributed by atoms with Crippen LogP contribution in [0.25, 0.3) is 5.52 Å². The predicted octanol–water partition coefficient (Wildman–Crippen LogP) is 4.18. The van der Waals surface area contributed by atoms with Crippen LogP contribution < -0.4 is 10.6 Å². The summed E-state index contributed by atoms with van der Waals surface area (Å²) >= 11 is 1.45. The Morgan fingerprint density at radius 3 is 2.83 bits per heavy atom. The summed E-state index contributed by atoms with van der Waals surface area (Å²) in [6.07, 6.45) is 4.34. The van der Waals surface area contributed by atoms with Gasteiger partial charge in [-0.3, -0.25) is 9.89 Å². The van der Waals surface area contributed by atoms with E-state index in [1.807, 2.05) is 48.7 Å². The lowest BCUT2D eigenvalue weighted by molar-refractivity contribution is -0.114. The number of aromatic nitrogens is 5. The van der Waals surface area contributed by atoms with Gasteiger partial charge in [0.2, 0.25) is 11.1 Å². The van der Waals surface area contributed by atoms with Gasteiger partial charge in [-0.15, -0.1) is 5.10 Å². The maximum absolute atomic E-state index is 11.2. The number of carbonyl (C=O) groups excluding carboxylic acids is 1. The number of hydrogen-bond donors (Lipinski definition) is 3. The van der Waals surface area contributed by atoms with Crippen LogP contribution in [0.4, 0.5) is 17.3 Å². The normalized spacial score (nSPS) is 13.6. The number of hydrogen-bond acceptors (Lipinski definition) is 6. The average Bonchev–Trinajstić information content (AvgIpc) is 3.25. The Bertz CT molecular complexity index is 1180. The summed E-state index contributed by atoms with van der Waals surface area (Å²) in [6.45, 7) is 1.49. The zero-order chi connectivity index (χ0) is 19.8. The topological polar surface area (TPSA) is 100 Å². The van der Waals surface area contributed by atoms with Crippen molar-refractivity contribution in [3.63, 3.8) is 0 Å². The van der Waals surface area contributed by atoms with Crippen molar-refractivity contribution in [1.29, 1.82) is 0 Å². The van der Waals surface area contributed by atoms with Gasteiger partial charge >= 0.3 is 0 Å². The first-order chi connectivity index (χ1) is 14.1. The number of amides is 1. The van der Waals surface area contributed by atoms with Gasteiger partial charge in [0.1, 0.15) is 5.52 Å². The maximum Gasteiger partial charge on any atom is 0.221 e. The SMILES string of the molecule is CC(=O)Nc1ccc(Sc2nc(Nc3cc(C4CC4)[nH]n3)c3cccn3n2)cc1. The third-order valence-electron chi connectivity index (χ3n) is 4.62. The molecule has 1 aliphatic carbocycles. The minimum atomic E-state index is -0.0919. The van der Waals surface area contributed by atoms with Crippen molar-refractivity contribution in [2.45, 2.75) is 35.7 Å². The number of carbonyl (C=O) groups is 1. The third-order valence-corrected chi connectivity index (χ3v) is 5.48. The maximum atomic E-state index is 11.2. The lowest BCUT2D eigenvalue weighted by atomic mass is 10.3. The number of benzene rings is 1. The molecule has 0 aliphatic heterocycles. The Kier molecular flexibility index (Phi) is 4.44. The number of nitrogens with one attached hydrogen (secondary N) is 3. The van der Waals surface area contributed by atoms with Crippen molar-refractivity contribution >= 4 is 40.5 Å².